The van der Waals surface area contributed by atoms with Crippen LogP contribution in [-0.2, 0) is 18.0 Å². The van der Waals surface area contributed by atoms with Gasteiger partial charge in [0.15, 0.2) is 0 Å². The highest BCUT2D eigenvalue weighted by Crippen LogP contribution is 2.24. The number of hydrogen-bond acceptors (Lipinski definition) is 3. The average molecular weight is 358 g/mol. The molecular formula is C15H14BrF2NO2. The van der Waals surface area contributed by atoms with Gasteiger partial charge in [-0.15, -0.1) is 0 Å². The Morgan fingerprint density at radius 1 is 1.10 bits per heavy atom. The molecule has 21 heavy (non-hydrogen) atoms. The predicted octanol–water partition coefficient (Wildman–Crippen LogP) is 4.27. The van der Waals surface area contributed by atoms with Gasteiger partial charge in [-0.05, 0) is 23.8 Å². The molecule has 0 amide bonds. The zero-order chi connectivity index (χ0) is 15.1. The zero-order valence-electron chi connectivity index (χ0n) is 11.1. The van der Waals surface area contributed by atoms with Crippen molar-refractivity contribution in [3.63, 3.8) is 0 Å². The highest BCUT2D eigenvalue weighted by Gasteiger charge is 2.10. The minimum atomic E-state index is -2.85. The van der Waals surface area contributed by atoms with Crippen molar-refractivity contribution < 1.29 is 18.4 Å². The standard InChI is InChI=1S/C15H14BrF2NO2/c16-13-6-7-14(21-15(17)18)12(8-13)9-19-20-10-11-4-2-1-3-5-11/h1-8,15,19H,9-10H2. The molecule has 0 spiro atoms. The van der Waals surface area contributed by atoms with Gasteiger partial charge in [-0.2, -0.15) is 14.3 Å². The molecule has 0 radical (unpaired) electrons. The first-order chi connectivity index (χ1) is 10.1. The summed E-state index contributed by atoms with van der Waals surface area (Å²) < 4.78 is 29.9. The molecule has 0 fully saturated rings. The van der Waals surface area contributed by atoms with Crippen molar-refractivity contribution in [1.82, 2.24) is 5.48 Å². The maximum Gasteiger partial charge on any atom is 0.387 e. The first-order valence-corrected chi connectivity index (χ1v) is 7.06. The van der Waals surface area contributed by atoms with E-state index < -0.39 is 6.61 Å². The summed E-state index contributed by atoms with van der Waals surface area (Å²) in [4.78, 5) is 5.32. The molecule has 3 nitrogen and oxygen atoms in total. The minimum absolute atomic E-state index is 0.129. The van der Waals surface area contributed by atoms with Gasteiger partial charge >= 0.3 is 6.61 Å². The van der Waals surface area contributed by atoms with Gasteiger partial charge in [-0.25, -0.2) is 0 Å². The van der Waals surface area contributed by atoms with Crippen LogP contribution in [0, 0.1) is 0 Å². The second-order valence-electron chi connectivity index (χ2n) is 4.23. The number of ether oxygens (including phenoxy) is 1. The Kier molecular flexibility index (Phi) is 6.10. The van der Waals surface area contributed by atoms with Crippen LogP contribution in [0.4, 0.5) is 8.78 Å². The van der Waals surface area contributed by atoms with Gasteiger partial charge in [0.2, 0.25) is 0 Å². The average Bonchev–Trinajstić information content (AvgIpc) is 2.47. The third-order valence-electron chi connectivity index (χ3n) is 2.68. The quantitative estimate of drug-likeness (QED) is 0.592. The molecular weight excluding hydrogens is 344 g/mol. The fourth-order valence-corrected chi connectivity index (χ4v) is 2.14. The zero-order valence-corrected chi connectivity index (χ0v) is 12.6. The summed E-state index contributed by atoms with van der Waals surface area (Å²) in [6.45, 7) is -2.20. The molecule has 2 aromatic carbocycles. The van der Waals surface area contributed by atoms with Gasteiger partial charge in [0.05, 0.1) is 6.61 Å². The van der Waals surface area contributed by atoms with E-state index in [9.17, 15) is 8.78 Å². The number of benzene rings is 2. The van der Waals surface area contributed by atoms with Crippen molar-refractivity contribution in [1.29, 1.82) is 0 Å². The normalized spacial score (nSPS) is 10.9. The molecule has 112 valence electrons. The molecule has 0 aliphatic heterocycles. The van der Waals surface area contributed by atoms with Gasteiger partial charge in [0, 0.05) is 16.6 Å². The van der Waals surface area contributed by atoms with Crippen molar-refractivity contribution in [2.45, 2.75) is 19.8 Å². The van der Waals surface area contributed by atoms with Crippen molar-refractivity contribution in [3.8, 4) is 5.75 Å². The Hall–Kier alpha value is -1.50. The molecule has 0 heterocycles. The summed E-state index contributed by atoms with van der Waals surface area (Å²) in [6.07, 6.45) is 0. The fourth-order valence-electron chi connectivity index (χ4n) is 1.73. The lowest BCUT2D eigenvalue weighted by Crippen LogP contribution is -2.15. The van der Waals surface area contributed by atoms with Crippen LogP contribution in [0.5, 0.6) is 5.75 Å². The molecule has 0 atom stereocenters. The number of halogens is 3. The predicted molar refractivity (Wildman–Crippen MR) is 78.8 cm³/mol. The summed E-state index contributed by atoms with van der Waals surface area (Å²) >= 11 is 3.30. The van der Waals surface area contributed by atoms with E-state index in [1.807, 2.05) is 30.3 Å². The van der Waals surface area contributed by atoms with Crippen LogP contribution in [0.2, 0.25) is 0 Å². The smallest absolute Gasteiger partial charge is 0.387 e. The van der Waals surface area contributed by atoms with Gasteiger partial charge in [-0.1, -0.05) is 46.3 Å². The Balaban J connectivity index is 1.88. The molecule has 6 heteroatoms. The number of alkyl halides is 2. The van der Waals surface area contributed by atoms with Crippen LogP contribution < -0.4 is 10.2 Å². The maximum absolute atomic E-state index is 12.3. The Morgan fingerprint density at radius 2 is 1.86 bits per heavy atom. The van der Waals surface area contributed by atoms with E-state index in [0.717, 1.165) is 10.0 Å². The highest BCUT2D eigenvalue weighted by molar-refractivity contribution is 9.10. The monoisotopic (exact) mass is 357 g/mol. The van der Waals surface area contributed by atoms with Gasteiger partial charge in [0.1, 0.15) is 5.75 Å². The van der Waals surface area contributed by atoms with Crippen LogP contribution in [0.3, 0.4) is 0 Å². The molecule has 0 bridgehead atoms. The molecule has 0 aliphatic carbocycles. The van der Waals surface area contributed by atoms with Crippen molar-refractivity contribution in [2.75, 3.05) is 0 Å². The number of hydrogen-bond donors (Lipinski definition) is 1. The summed E-state index contributed by atoms with van der Waals surface area (Å²) in [5.41, 5.74) is 4.34. The van der Waals surface area contributed by atoms with Crippen LogP contribution in [0.25, 0.3) is 0 Å². The number of hydroxylamine groups is 1. The van der Waals surface area contributed by atoms with E-state index in [4.69, 9.17) is 4.84 Å². The third-order valence-corrected chi connectivity index (χ3v) is 3.18. The summed E-state index contributed by atoms with van der Waals surface area (Å²) in [5.74, 6) is 0.129. The molecule has 2 rings (SSSR count). The van der Waals surface area contributed by atoms with Crippen LogP contribution in [0.1, 0.15) is 11.1 Å². The largest absolute Gasteiger partial charge is 0.434 e. The van der Waals surface area contributed by atoms with Crippen LogP contribution in [0.15, 0.2) is 53.0 Å². The van der Waals surface area contributed by atoms with Crippen LogP contribution >= 0.6 is 15.9 Å². The van der Waals surface area contributed by atoms with E-state index in [1.165, 1.54) is 6.07 Å². The van der Waals surface area contributed by atoms with E-state index >= 15 is 0 Å². The van der Waals surface area contributed by atoms with E-state index in [2.05, 4.69) is 26.1 Å². The Bertz CT molecular complexity index is 567. The maximum atomic E-state index is 12.3. The molecule has 0 aliphatic rings. The Labute approximate surface area is 130 Å². The SMILES string of the molecule is FC(F)Oc1ccc(Br)cc1CNOCc1ccccc1. The van der Waals surface area contributed by atoms with Gasteiger partial charge < -0.3 is 4.74 Å². The number of rotatable bonds is 7. The van der Waals surface area contributed by atoms with Crippen molar-refractivity contribution in [3.05, 3.63) is 64.1 Å². The molecule has 0 saturated carbocycles. The van der Waals surface area contributed by atoms with Gasteiger partial charge in [0.25, 0.3) is 0 Å². The van der Waals surface area contributed by atoms with Crippen LogP contribution in [-0.4, -0.2) is 6.61 Å². The first-order valence-electron chi connectivity index (χ1n) is 6.27. The Morgan fingerprint density at radius 3 is 2.57 bits per heavy atom. The lowest BCUT2D eigenvalue weighted by atomic mass is 10.2. The van der Waals surface area contributed by atoms with E-state index in [-0.39, 0.29) is 12.3 Å². The van der Waals surface area contributed by atoms with Crippen molar-refractivity contribution in [2.24, 2.45) is 0 Å². The fraction of sp³-hybridized carbons (Fsp3) is 0.200. The second kappa shape index (κ2) is 8.07. The molecule has 0 unspecified atom stereocenters. The lowest BCUT2D eigenvalue weighted by Gasteiger charge is -2.12. The number of nitrogens with one attached hydrogen (secondary N) is 1. The highest BCUT2D eigenvalue weighted by atomic mass is 79.9. The first kappa shape index (κ1) is 15.9. The van der Waals surface area contributed by atoms with E-state index in [0.29, 0.717) is 12.2 Å². The molecule has 2 aromatic rings. The molecule has 0 aromatic heterocycles. The second-order valence-corrected chi connectivity index (χ2v) is 5.14. The van der Waals surface area contributed by atoms with E-state index in [1.54, 1.807) is 12.1 Å². The summed E-state index contributed by atoms with van der Waals surface area (Å²) in [7, 11) is 0. The van der Waals surface area contributed by atoms with Gasteiger partial charge in [-0.3, -0.25) is 4.84 Å². The minimum Gasteiger partial charge on any atom is -0.434 e. The van der Waals surface area contributed by atoms with Crippen molar-refractivity contribution >= 4 is 15.9 Å². The lowest BCUT2D eigenvalue weighted by molar-refractivity contribution is -0.0512. The topological polar surface area (TPSA) is 30.5 Å². The summed E-state index contributed by atoms with van der Waals surface area (Å²) in [5, 5.41) is 0. The summed E-state index contributed by atoms with van der Waals surface area (Å²) in [6, 6.07) is 14.5. The molecule has 0 saturated heterocycles. The molecule has 1 N–H and O–H groups in total. The third kappa shape index (κ3) is 5.41.